The zero-order chi connectivity index (χ0) is 30.3. The highest BCUT2D eigenvalue weighted by atomic mass is 19.1. The predicted molar refractivity (Wildman–Crippen MR) is 157 cm³/mol. The van der Waals surface area contributed by atoms with Gasteiger partial charge >= 0.3 is 5.97 Å². The molecule has 1 amide bonds. The van der Waals surface area contributed by atoms with E-state index in [1.807, 2.05) is 32.8 Å². The summed E-state index contributed by atoms with van der Waals surface area (Å²) in [4.78, 5) is 39.7. The summed E-state index contributed by atoms with van der Waals surface area (Å²) in [5.74, 6) is -2.54. The number of carbonyl (C=O) groups excluding carboxylic acids is 3. The maximum absolute atomic E-state index is 15.4. The number of benzene rings is 2. The predicted octanol–water partition coefficient (Wildman–Crippen LogP) is 5.52. The Morgan fingerprint density at radius 2 is 1.81 bits per heavy atom. The average Bonchev–Trinajstić information content (AvgIpc) is 3.21. The van der Waals surface area contributed by atoms with E-state index in [1.165, 1.54) is 10.6 Å². The van der Waals surface area contributed by atoms with Crippen molar-refractivity contribution in [1.29, 1.82) is 0 Å². The number of rotatable bonds is 8. The molecule has 3 N–H and O–H groups in total. The van der Waals surface area contributed by atoms with Crippen molar-refractivity contribution in [2.75, 3.05) is 26.0 Å². The summed E-state index contributed by atoms with van der Waals surface area (Å²) in [6, 6.07) is 7.09. The summed E-state index contributed by atoms with van der Waals surface area (Å²) in [7, 11) is 3.81. The van der Waals surface area contributed by atoms with Gasteiger partial charge in [-0.25, -0.2) is 8.78 Å². The molecule has 1 aliphatic heterocycles. The third kappa shape index (κ3) is 6.04. The fourth-order valence-electron chi connectivity index (χ4n) is 6.29. The largest absolute Gasteiger partial charge is 0.462 e. The first-order valence-corrected chi connectivity index (χ1v) is 14.4. The van der Waals surface area contributed by atoms with Crippen LogP contribution < -0.4 is 11.1 Å². The molecule has 0 saturated heterocycles. The Hall–Kier alpha value is -3.79. The van der Waals surface area contributed by atoms with Crippen molar-refractivity contribution in [3.8, 4) is 11.1 Å². The topological polar surface area (TPSA) is 107 Å². The van der Waals surface area contributed by atoms with E-state index in [0.29, 0.717) is 54.7 Å². The van der Waals surface area contributed by atoms with E-state index in [4.69, 9.17) is 10.5 Å². The fourth-order valence-corrected chi connectivity index (χ4v) is 6.29. The number of nitrogens with one attached hydrogen (secondary N) is 1. The number of carbonyl (C=O) groups is 3. The van der Waals surface area contributed by atoms with Crippen molar-refractivity contribution >= 4 is 34.4 Å². The number of amides is 1. The van der Waals surface area contributed by atoms with Crippen molar-refractivity contribution in [1.82, 2.24) is 9.47 Å². The molecule has 3 aromatic rings. The van der Waals surface area contributed by atoms with Crippen LogP contribution in [0, 0.1) is 17.0 Å². The van der Waals surface area contributed by atoms with Crippen LogP contribution in [0.1, 0.15) is 73.2 Å². The molecule has 2 aliphatic rings. The maximum Gasteiger partial charge on any atom is 0.307 e. The van der Waals surface area contributed by atoms with Gasteiger partial charge in [-0.15, -0.1) is 0 Å². The highest BCUT2D eigenvalue weighted by Gasteiger charge is 2.36. The Morgan fingerprint density at radius 1 is 1.10 bits per heavy atom. The van der Waals surface area contributed by atoms with E-state index in [1.54, 1.807) is 18.2 Å². The van der Waals surface area contributed by atoms with Crippen LogP contribution in [0.4, 0.5) is 14.5 Å². The summed E-state index contributed by atoms with van der Waals surface area (Å²) in [6.45, 7) is 4.59. The molecular formula is C32H38F2N4O4. The van der Waals surface area contributed by atoms with Gasteiger partial charge in [-0.05, 0) is 75.4 Å². The number of anilines is 1. The number of esters is 1. The molecule has 8 nitrogen and oxygen atoms in total. The molecule has 2 aromatic carbocycles. The van der Waals surface area contributed by atoms with Crippen LogP contribution in [-0.4, -0.2) is 60.0 Å². The number of nitrogens with two attached hydrogens (primary N) is 1. The lowest BCUT2D eigenvalue weighted by atomic mass is 9.80. The van der Waals surface area contributed by atoms with E-state index in [9.17, 15) is 18.8 Å². The lowest BCUT2D eigenvalue weighted by molar-refractivity contribution is -0.150. The highest BCUT2D eigenvalue weighted by molar-refractivity contribution is 6.06. The third-order valence-corrected chi connectivity index (χ3v) is 8.28. The van der Waals surface area contributed by atoms with Crippen molar-refractivity contribution in [2.45, 2.75) is 70.9 Å². The van der Waals surface area contributed by atoms with Gasteiger partial charge in [0.25, 0.3) is 5.91 Å². The summed E-state index contributed by atoms with van der Waals surface area (Å²) in [5.41, 5.74) is 8.07. The molecule has 10 heteroatoms. The van der Waals surface area contributed by atoms with Crippen LogP contribution in [0.5, 0.6) is 0 Å². The first kappa shape index (κ1) is 29.7. The Labute approximate surface area is 244 Å². The molecule has 2 heterocycles. The fraction of sp³-hybridized carbons (Fsp3) is 0.469. The minimum atomic E-state index is -0.755. The van der Waals surface area contributed by atoms with Gasteiger partial charge in [-0.2, -0.15) is 0 Å². The molecule has 1 fully saturated rings. The number of halogens is 2. The van der Waals surface area contributed by atoms with Gasteiger partial charge in [0.1, 0.15) is 17.7 Å². The first-order valence-electron chi connectivity index (χ1n) is 14.4. The van der Waals surface area contributed by atoms with Crippen LogP contribution in [0.25, 0.3) is 22.0 Å². The number of fused-ring (bicyclic) bond motifs is 3. The Kier molecular flexibility index (Phi) is 8.11. The van der Waals surface area contributed by atoms with E-state index in [2.05, 4.69) is 5.32 Å². The molecule has 0 unspecified atom stereocenters. The average molecular weight is 581 g/mol. The Morgan fingerprint density at radius 3 is 2.48 bits per heavy atom. The molecule has 1 aliphatic carbocycles. The van der Waals surface area contributed by atoms with Gasteiger partial charge in [0, 0.05) is 47.4 Å². The number of primary amides is 1. The number of nitrogens with zero attached hydrogens (tertiary/aromatic N) is 2. The van der Waals surface area contributed by atoms with Crippen molar-refractivity contribution < 1.29 is 27.9 Å². The normalized spacial score (nSPS) is 20.0. The van der Waals surface area contributed by atoms with E-state index in [-0.39, 0.29) is 52.3 Å². The second kappa shape index (κ2) is 11.5. The minimum Gasteiger partial charge on any atom is -0.462 e. The van der Waals surface area contributed by atoms with E-state index < -0.39 is 17.5 Å². The van der Waals surface area contributed by atoms with Gasteiger partial charge in [-0.3, -0.25) is 19.0 Å². The molecule has 224 valence electrons. The molecule has 0 spiro atoms. The lowest BCUT2D eigenvalue weighted by Gasteiger charge is -2.31. The Balaban J connectivity index is 1.46. The van der Waals surface area contributed by atoms with Gasteiger partial charge in [0.05, 0.1) is 17.5 Å². The smallest absolute Gasteiger partial charge is 0.307 e. The second-order valence-corrected chi connectivity index (χ2v) is 12.6. The molecule has 0 atom stereocenters. The van der Waals surface area contributed by atoms with Crippen LogP contribution in [0.3, 0.4) is 0 Å². The van der Waals surface area contributed by atoms with Crippen LogP contribution in [0.15, 0.2) is 30.3 Å². The van der Waals surface area contributed by atoms with Gasteiger partial charge in [0.15, 0.2) is 0 Å². The molecule has 42 heavy (non-hydrogen) atoms. The molecule has 5 rings (SSSR count). The van der Waals surface area contributed by atoms with Crippen molar-refractivity contribution in [3.05, 3.63) is 53.2 Å². The summed E-state index contributed by atoms with van der Waals surface area (Å²) in [6.07, 6.45) is 3.73. The highest BCUT2D eigenvalue weighted by Crippen LogP contribution is 2.44. The summed E-state index contributed by atoms with van der Waals surface area (Å²) < 4.78 is 36.8. The SMILES string of the molecule is CN(C)CCC(=O)O[C@H]1CC[C@H](Nc2cc(-c3c4n(c5cc(F)cc(F)c35)C(=O)CC(C)(C)C4)ccc2C(N)=O)CC1. The quantitative estimate of drug-likeness (QED) is 0.340. The second-order valence-electron chi connectivity index (χ2n) is 12.6. The molecule has 0 radical (unpaired) electrons. The molecule has 0 bridgehead atoms. The van der Waals surface area contributed by atoms with Gasteiger partial charge in [0.2, 0.25) is 5.91 Å². The van der Waals surface area contributed by atoms with Crippen LogP contribution in [0.2, 0.25) is 0 Å². The zero-order valence-corrected chi connectivity index (χ0v) is 24.6. The van der Waals surface area contributed by atoms with Gasteiger partial charge in [-0.1, -0.05) is 19.9 Å². The summed E-state index contributed by atoms with van der Waals surface area (Å²) >= 11 is 0. The standard InChI is InChI=1S/C32H38F2N4O4/c1-32(2)16-26-29(30-23(34)14-19(33)15-25(30)38(26)27(39)17-32)18-5-10-22(31(35)41)24(13-18)36-20-6-8-21(9-7-20)42-28(40)11-12-37(3)4/h5,10,13-15,20-21,36H,6-9,11-12,16-17H2,1-4H3,(H2,35,41)/t20-,21-. The third-order valence-electron chi connectivity index (χ3n) is 8.28. The maximum atomic E-state index is 15.4. The summed E-state index contributed by atoms with van der Waals surface area (Å²) in [5, 5.41) is 3.62. The van der Waals surface area contributed by atoms with E-state index >= 15 is 4.39 Å². The lowest BCUT2D eigenvalue weighted by Crippen LogP contribution is -2.32. The number of aromatic nitrogens is 1. The molecule has 1 saturated carbocycles. The van der Waals surface area contributed by atoms with Crippen LogP contribution in [-0.2, 0) is 16.0 Å². The van der Waals surface area contributed by atoms with Crippen molar-refractivity contribution in [3.63, 3.8) is 0 Å². The molecule has 1 aromatic heterocycles. The minimum absolute atomic E-state index is 0.00103. The van der Waals surface area contributed by atoms with Crippen LogP contribution >= 0.6 is 0 Å². The van der Waals surface area contributed by atoms with Gasteiger partial charge < -0.3 is 20.7 Å². The number of hydrogen-bond donors (Lipinski definition) is 2. The zero-order valence-electron chi connectivity index (χ0n) is 24.6. The Bertz CT molecular complexity index is 1550. The van der Waals surface area contributed by atoms with Crippen molar-refractivity contribution in [2.24, 2.45) is 11.1 Å². The number of ether oxygens (including phenoxy) is 1. The monoisotopic (exact) mass is 580 g/mol. The van der Waals surface area contributed by atoms with E-state index in [0.717, 1.165) is 18.9 Å². The molecular weight excluding hydrogens is 542 g/mol. The first-order chi connectivity index (χ1) is 19.8. The number of hydrogen-bond acceptors (Lipinski definition) is 6.